The van der Waals surface area contributed by atoms with E-state index in [1.54, 1.807) is 25.2 Å². The lowest BCUT2D eigenvalue weighted by Crippen LogP contribution is -2.52. The van der Waals surface area contributed by atoms with E-state index in [1.165, 1.54) is 0 Å². The number of benzene rings is 1. The van der Waals surface area contributed by atoms with Crippen LogP contribution in [-0.2, 0) is 4.79 Å². The first-order valence-corrected chi connectivity index (χ1v) is 7.40. The highest BCUT2D eigenvalue weighted by atomic mass is 35.5. The van der Waals surface area contributed by atoms with Crippen molar-refractivity contribution in [1.29, 1.82) is 0 Å². The standard InChI is InChI=1S/C16H23N3O2.ClH/c1-11-12(14(20)18-2)7-6-8-13(11)19-15(21)16(17)9-4-3-5-10-16;/h6-8H,3-5,9-10,17H2,1-2H3,(H,18,20)(H,19,21);1H. The predicted molar refractivity (Wildman–Crippen MR) is 90.5 cm³/mol. The summed E-state index contributed by atoms with van der Waals surface area (Å²) in [6.45, 7) is 1.82. The quantitative estimate of drug-likeness (QED) is 0.797. The van der Waals surface area contributed by atoms with Crippen molar-refractivity contribution in [2.75, 3.05) is 12.4 Å². The number of hydrogen-bond donors (Lipinski definition) is 3. The highest BCUT2D eigenvalue weighted by Crippen LogP contribution is 2.28. The lowest BCUT2D eigenvalue weighted by atomic mass is 9.82. The Morgan fingerprint density at radius 1 is 1.18 bits per heavy atom. The molecule has 0 saturated heterocycles. The molecule has 2 amide bonds. The molecule has 5 nitrogen and oxygen atoms in total. The van der Waals surface area contributed by atoms with Gasteiger partial charge in [0.05, 0.1) is 5.54 Å². The molecule has 0 bridgehead atoms. The third-order valence-corrected chi connectivity index (χ3v) is 4.25. The first-order chi connectivity index (χ1) is 9.98. The molecular weight excluding hydrogens is 302 g/mol. The second kappa shape index (κ2) is 7.61. The molecular formula is C16H24ClN3O2. The van der Waals surface area contributed by atoms with Gasteiger partial charge < -0.3 is 16.4 Å². The van der Waals surface area contributed by atoms with E-state index in [2.05, 4.69) is 10.6 Å². The molecule has 1 aliphatic rings. The van der Waals surface area contributed by atoms with Gasteiger partial charge in [0.2, 0.25) is 5.91 Å². The first-order valence-electron chi connectivity index (χ1n) is 7.40. The van der Waals surface area contributed by atoms with E-state index < -0.39 is 5.54 Å². The largest absolute Gasteiger partial charge is 0.355 e. The summed E-state index contributed by atoms with van der Waals surface area (Å²) in [5.74, 6) is -0.317. The number of halogens is 1. The highest BCUT2D eigenvalue weighted by molar-refractivity contribution is 6.01. The van der Waals surface area contributed by atoms with Crippen molar-refractivity contribution in [1.82, 2.24) is 5.32 Å². The Morgan fingerprint density at radius 2 is 1.82 bits per heavy atom. The summed E-state index contributed by atoms with van der Waals surface area (Å²) in [7, 11) is 1.59. The maximum Gasteiger partial charge on any atom is 0.251 e. The van der Waals surface area contributed by atoms with Gasteiger partial charge in [0.25, 0.3) is 5.91 Å². The zero-order valence-electron chi connectivity index (χ0n) is 13.1. The molecule has 1 saturated carbocycles. The predicted octanol–water partition coefficient (Wildman–Crippen LogP) is 2.38. The molecule has 1 aromatic carbocycles. The first kappa shape index (κ1) is 18.5. The number of carbonyl (C=O) groups is 2. The smallest absolute Gasteiger partial charge is 0.251 e. The lowest BCUT2D eigenvalue weighted by Gasteiger charge is -2.32. The van der Waals surface area contributed by atoms with E-state index in [0.29, 0.717) is 24.1 Å². The third kappa shape index (κ3) is 3.78. The third-order valence-electron chi connectivity index (χ3n) is 4.25. The van der Waals surface area contributed by atoms with Gasteiger partial charge in [-0.1, -0.05) is 25.3 Å². The van der Waals surface area contributed by atoms with Crippen molar-refractivity contribution in [3.8, 4) is 0 Å². The van der Waals surface area contributed by atoms with Crippen LogP contribution in [0.3, 0.4) is 0 Å². The molecule has 1 fully saturated rings. The van der Waals surface area contributed by atoms with Gasteiger partial charge >= 0.3 is 0 Å². The number of anilines is 1. The molecule has 0 radical (unpaired) electrons. The van der Waals surface area contributed by atoms with Crippen LogP contribution in [0, 0.1) is 6.92 Å². The second-order valence-corrected chi connectivity index (χ2v) is 5.73. The van der Waals surface area contributed by atoms with Crippen molar-refractivity contribution in [3.05, 3.63) is 29.3 Å². The fourth-order valence-electron chi connectivity index (χ4n) is 2.81. The second-order valence-electron chi connectivity index (χ2n) is 5.73. The number of nitrogens with two attached hydrogens (primary N) is 1. The molecule has 0 spiro atoms. The minimum atomic E-state index is -0.784. The van der Waals surface area contributed by atoms with Crippen molar-refractivity contribution in [3.63, 3.8) is 0 Å². The number of carbonyl (C=O) groups excluding carboxylic acids is 2. The van der Waals surface area contributed by atoms with E-state index in [9.17, 15) is 9.59 Å². The van der Waals surface area contributed by atoms with E-state index in [0.717, 1.165) is 24.8 Å². The van der Waals surface area contributed by atoms with Gasteiger partial charge in [-0.15, -0.1) is 12.4 Å². The topological polar surface area (TPSA) is 84.2 Å². The van der Waals surface area contributed by atoms with Crippen LogP contribution in [0.2, 0.25) is 0 Å². The van der Waals surface area contributed by atoms with Gasteiger partial charge in [-0.25, -0.2) is 0 Å². The van der Waals surface area contributed by atoms with Crippen molar-refractivity contribution >= 4 is 29.9 Å². The number of nitrogens with one attached hydrogen (secondary N) is 2. The van der Waals surface area contributed by atoms with Gasteiger partial charge in [0, 0.05) is 18.3 Å². The molecule has 122 valence electrons. The zero-order valence-corrected chi connectivity index (χ0v) is 13.9. The summed E-state index contributed by atoms with van der Waals surface area (Å²) in [5.41, 5.74) is 7.41. The van der Waals surface area contributed by atoms with Crippen LogP contribution in [0.4, 0.5) is 5.69 Å². The van der Waals surface area contributed by atoms with Crippen LogP contribution in [0.5, 0.6) is 0 Å². The maximum absolute atomic E-state index is 12.5. The van der Waals surface area contributed by atoms with Crippen molar-refractivity contribution in [2.45, 2.75) is 44.6 Å². The van der Waals surface area contributed by atoms with Crippen molar-refractivity contribution in [2.24, 2.45) is 5.73 Å². The summed E-state index contributed by atoms with van der Waals surface area (Å²) in [6, 6.07) is 5.30. The van der Waals surface area contributed by atoms with Gasteiger partial charge in [-0.3, -0.25) is 9.59 Å². The monoisotopic (exact) mass is 325 g/mol. The normalized spacial score (nSPS) is 16.3. The summed E-state index contributed by atoms with van der Waals surface area (Å²) in [6.07, 6.45) is 4.54. The summed E-state index contributed by atoms with van der Waals surface area (Å²) < 4.78 is 0. The molecule has 22 heavy (non-hydrogen) atoms. The summed E-state index contributed by atoms with van der Waals surface area (Å²) >= 11 is 0. The Morgan fingerprint density at radius 3 is 2.41 bits per heavy atom. The Bertz CT molecular complexity index is 554. The number of hydrogen-bond acceptors (Lipinski definition) is 3. The fraction of sp³-hybridized carbons (Fsp3) is 0.500. The number of rotatable bonds is 3. The van der Waals surface area contributed by atoms with Gasteiger partial charge in [-0.2, -0.15) is 0 Å². The number of amides is 2. The van der Waals surface area contributed by atoms with Crippen LogP contribution in [0.25, 0.3) is 0 Å². The molecule has 4 N–H and O–H groups in total. The Hall–Kier alpha value is -1.59. The molecule has 0 heterocycles. The van der Waals surface area contributed by atoms with Crippen LogP contribution >= 0.6 is 12.4 Å². The highest BCUT2D eigenvalue weighted by Gasteiger charge is 2.35. The molecule has 1 aromatic rings. The molecule has 0 aliphatic heterocycles. The van der Waals surface area contributed by atoms with Gasteiger partial charge in [0.1, 0.15) is 0 Å². The molecule has 2 rings (SSSR count). The average Bonchev–Trinajstić information content (AvgIpc) is 2.49. The van der Waals surface area contributed by atoms with Crippen LogP contribution < -0.4 is 16.4 Å². The molecule has 0 atom stereocenters. The Balaban J connectivity index is 0.00000242. The Kier molecular flexibility index (Phi) is 6.38. The minimum Gasteiger partial charge on any atom is -0.355 e. The van der Waals surface area contributed by atoms with E-state index in [4.69, 9.17) is 5.73 Å². The van der Waals surface area contributed by atoms with Crippen LogP contribution in [-0.4, -0.2) is 24.4 Å². The van der Waals surface area contributed by atoms with E-state index in [1.807, 2.05) is 6.92 Å². The Labute approximate surface area is 137 Å². The van der Waals surface area contributed by atoms with Gasteiger partial charge in [-0.05, 0) is 37.5 Å². The van der Waals surface area contributed by atoms with E-state index in [-0.39, 0.29) is 24.2 Å². The SMILES string of the molecule is CNC(=O)c1cccc(NC(=O)C2(N)CCCCC2)c1C.Cl. The zero-order chi connectivity index (χ0) is 15.5. The molecule has 6 heteroatoms. The van der Waals surface area contributed by atoms with Crippen LogP contribution in [0.15, 0.2) is 18.2 Å². The van der Waals surface area contributed by atoms with Crippen LogP contribution in [0.1, 0.15) is 48.0 Å². The lowest BCUT2D eigenvalue weighted by molar-refractivity contribution is -0.122. The maximum atomic E-state index is 12.5. The summed E-state index contributed by atoms with van der Waals surface area (Å²) in [5, 5.41) is 5.49. The molecule has 0 aromatic heterocycles. The molecule has 1 aliphatic carbocycles. The van der Waals surface area contributed by atoms with E-state index >= 15 is 0 Å². The summed E-state index contributed by atoms with van der Waals surface area (Å²) in [4.78, 5) is 24.2. The van der Waals surface area contributed by atoms with Crippen molar-refractivity contribution < 1.29 is 9.59 Å². The van der Waals surface area contributed by atoms with Gasteiger partial charge in [0.15, 0.2) is 0 Å². The minimum absolute atomic E-state index is 0. The fourth-order valence-corrected chi connectivity index (χ4v) is 2.81. The average molecular weight is 326 g/mol. The molecule has 0 unspecified atom stereocenters.